The van der Waals surface area contributed by atoms with E-state index in [0.717, 1.165) is 32.6 Å². The third-order valence-electron chi connectivity index (χ3n) is 5.20. The van der Waals surface area contributed by atoms with Crippen LogP contribution in [0, 0.1) is 17.3 Å². The van der Waals surface area contributed by atoms with Gasteiger partial charge in [0.05, 0.1) is 11.8 Å². The van der Waals surface area contributed by atoms with E-state index < -0.39 is 17.3 Å². The lowest BCUT2D eigenvalue weighted by Gasteiger charge is -2.38. The molecular weight excluding hydrogens is 256 g/mol. The van der Waals surface area contributed by atoms with Crippen molar-refractivity contribution in [2.45, 2.75) is 40.2 Å². The van der Waals surface area contributed by atoms with Crippen LogP contribution in [0.3, 0.4) is 0 Å². The molecule has 0 radical (unpaired) electrons. The monoisotopic (exact) mass is 282 g/mol. The van der Waals surface area contributed by atoms with Gasteiger partial charge in [0.1, 0.15) is 0 Å². The normalized spacial score (nSPS) is 30.9. The van der Waals surface area contributed by atoms with Gasteiger partial charge in [-0.25, -0.2) is 0 Å². The summed E-state index contributed by atoms with van der Waals surface area (Å²) < 4.78 is 0. The number of hydrogen-bond donors (Lipinski definition) is 1. The SMILES string of the molecule is CCC(C)N1CCN(C(=O)[C@H]2[C@@H](C(=O)O)C2(C)C)CC1. The average molecular weight is 282 g/mol. The number of carbonyl (C=O) groups excluding carboxylic acids is 1. The summed E-state index contributed by atoms with van der Waals surface area (Å²) in [4.78, 5) is 27.9. The molecule has 0 bridgehead atoms. The molecule has 1 N–H and O–H groups in total. The Balaban J connectivity index is 1.92. The number of rotatable bonds is 4. The summed E-state index contributed by atoms with van der Waals surface area (Å²) in [7, 11) is 0. The Morgan fingerprint density at radius 2 is 1.75 bits per heavy atom. The largest absolute Gasteiger partial charge is 0.481 e. The van der Waals surface area contributed by atoms with E-state index in [1.54, 1.807) is 0 Å². The molecule has 1 heterocycles. The van der Waals surface area contributed by atoms with Crippen LogP contribution >= 0.6 is 0 Å². The third-order valence-corrected chi connectivity index (χ3v) is 5.20. The minimum atomic E-state index is -0.841. The maximum atomic E-state index is 12.5. The molecule has 20 heavy (non-hydrogen) atoms. The molecule has 0 aromatic heterocycles. The molecule has 2 fully saturated rings. The highest BCUT2D eigenvalue weighted by atomic mass is 16.4. The van der Waals surface area contributed by atoms with Gasteiger partial charge in [-0.1, -0.05) is 20.8 Å². The fraction of sp³-hybridized carbons (Fsp3) is 0.867. The van der Waals surface area contributed by atoms with Crippen LogP contribution < -0.4 is 0 Å². The molecule has 0 aromatic rings. The van der Waals surface area contributed by atoms with Crippen molar-refractivity contribution in [2.75, 3.05) is 26.2 Å². The number of nitrogens with zero attached hydrogens (tertiary/aromatic N) is 2. The zero-order valence-electron chi connectivity index (χ0n) is 12.9. The van der Waals surface area contributed by atoms with Gasteiger partial charge in [-0.15, -0.1) is 0 Å². The highest BCUT2D eigenvalue weighted by molar-refractivity contribution is 5.91. The molecule has 5 nitrogen and oxygen atoms in total. The Kier molecular flexibility index (Phi) is 4.09. The van der Waals surface area contributed by atoms with Crippen LogP contribution in [0.15, 0.2) is 0 Å². The first kappa shape index (κ1) is 15.3. The van der Waals surface area contributed by atoms with Gasteiger partial charge < -0.3 is 10.0 Å². The average Bonchev–Trinajstić information content (AvgIpc) is 3.00. The van der Waals surface area contributed by atoms with E-state index in [-0.39, 0.29) is 11.8 Å². The van der Waals surface area contributed by atoms with Gasteiger partial charge in [0, 0.05) is 32.2 Å². The fourth-order valence-corrected chi connectivity index (χ4v) is 3.40. The summed E-state index contributed by atoms with van der Waals surface area (Å²) in [6.45, 7) is 11.4. The maximum absolute atomic E-state index is 12.5. The molecule has 114 valence electrons. The van der Waals surface area contributed by atoms with Crippen molar-refractivity contribution >= 4 is 11.9 Å². The molecule has 1 saturated carbocycles. The first-order valence-electron chi connectivity index (χ1n) is 7.56. The number of carboxylic acids is 1. The Hall–Kier alpha value is -1.10. The first-order valence-corrected chi connectivity index (χ1v) is 7.56. The van der Waals surface area contributed by atoms with E-state index in [9.17, 15) is 14.7 Å². The molecule has 3 atom stereocenters. The highest BCUT2D eigenvalue weighted by Crippen LogP contribution is 2.59. The van der Waals surface area contributed by atoms with Gasteiger partial charge in [0.2, 0.25) is 5.91 Å². The number of hydrogen-bond acceptors (Lipinski definition) is 3. The second-order valence-electron chi connectivity index (χ2n) is 6.73. The molecule has 2 rings (SSSR count). The van der Waals surface area contributed by atoms with Crippen LogP contribution in [0.25, 0.3) is 0 Å². The number of piperazine rings is 1. The van der Waals surface area contributed by atoms with E-state index in [1.807, 2.05) is 18.7 Å². The summed E-state index contributed by atoms with van der Waals surface area (Å²) in [6.07, 6.45) is 1.12. The summed E-state index contributed by atoms with van der Waals surface area (Å²) >= 11 is 0. The van der Waals surface area contributed by atoms with Crippen LogP contribution in [0.5, 0.6) is 0 Å². The molecular formula is C15H26N2O3. The Labute approximate surface area is 120 Å². The van der Waals surface area contributed by atoms with Crippen molar-refractivity contribution in [3.05, 3.63) is 0 Å². The number of carbonyl (C=O) groups is 2. The minimum Gasteiger partial charge on any atom is -0.481 e. The first-order chi connectivity index (χ1) is 9.30. The Morgan fingerprint density at radius 3 is 2.15 bits per heavy atom. The topological polar surface area (TPSA) is 60.9 Å². The van der Waals surface area contributed by atoms with Gasteiger partial charge in [-0.05, 0) is 18.8 Å². The molecule has 0 aromatic carbocycles. The zero-order chi connectivity index (χ0) is 15.1. The van der Waals surface area contributed by atoms with Crippen molar-refractivity contribution < 1.29 is 14.7 Å². The van der Waals surface area contributed by atoms with Crippen LogP contribution in [0.2, 0.25) is 0 Å². The van der Waals surface area contributed by atoms with E-state index >= 15 is 0 Å². The summed E-state index contributed by atoms with van der Waals surface area (Å²) in [5.74, 6) is -1.66. The van der Waals surface area contributed by atoms with Gasteiger partial charge in [-0.2, -0.15) is 0 Å². The van der Waals surface area contributed by atoms with Crippen molar-refractivity contribution in [3.8, 4) is 0 Å². The molecule has 1 aliphatic carbocycles. The molecule has 0 spiro atoms. The molecule has 1 saturated heterocycles. The lowest BCUT2D eigenvalue weighted by Crippen LogP contribution is -2.51. The molecule has 5 heteroatoms. The summed E-state index contributed by atoms with van der Waals surface area (Å²) in [5, 5.41) is 9.17. The maximum Gasteiger partial charge on any atom is 0.307 e. The second kappa shape index (κ2) is 5.35. The number of carboxylic acid groups (broad SMARTS) is 1. The fourth-order valence-electron chi connectivity index (χ4n) is 3.40. The van der Waals surface area contributed by atoms with Crippen LogP contribution in [-0.4, -0.2) is 59.0 Å². The minimum absolute atomic E-state index is 0.0335. The van der Waals surface area contributed by atoms with E-state index in [0.29, 0.717) is 6.04 Å². The standard InChI is InChI=1S/C15H26N2O3/c1-5-10(2)16-6-8-17(9-7-16)13(18)11-12(14(19)20)15(11,3)4/h10-12H,5-9H2,1-4H3,(H,19,20)/t10?,11-,12+/m1/s1. The number of aliphatic carboxylic acids is 1. The van der Waals surface area contributed by atoms with E-state index in [1.165, 1.54) is 0 Å². The predicted octanol–water partition coefficient (Wildman–Crippen LogP) is 1.29. The summed E-state index contributed by atoms with van der Waals surface area (Å²) in [5.41, 5.74) is -0.392. The van der Waals surface area contributed by atoms with Crippen LogP contribution in [0.4, 0.5) is 0 Å². The number of amides is 1. The van der Waals surface area contributed by atoms with Gasteiger partial charge >= 0.3 is 5.97 Å². The quantitative estimate of drug-likeness (QED) is 0.844. The second-order valence-corrected chi connectivity index (χ2v) is 6.73. The van der Waals surface area contributed by atoms with Crippen molar-refractivity contribution in [1.82, 2.24) is 9.80 Å². The van der Waals surface area contributed by atoms with Gasteiger partial charge in [-0.3, -0.25) is 14.5 Å². The lowest BCUT2D eigenvalue weighted by molar-refractivity contribution is -0.142. The molecule has 1 aliphatic heterocycles. The van der Waals surface area contributed by atoms with Gasteiger partial charge in [0.15, 0.2) is 0 Å². The third kappa shape index (κ3) is 2.55. The van der Waals surface area contributed by atoms with Crippen molar-refractivity contribution in [1.29, 1.82) is 0 Å². The van der Waals surface area contributed by atoms with Crippen LogP contribution in [-0.2, 0) is 9.59 Å². The zero-order valence-corrected chi connectivity index (χ0v) is 12.9. The highest BCUT2D eigenvalue weighted by Gasteiger charge is 2.66. The Bertz CT molecular complexity index is 400. The van der Waals surface area contributed by atoms with E-state index in [2.05, 4.69) is 18.7 Å². The molecule has 2 aliphatic rings. The lowest BCUT2D eigenvalue weighted by atomic mass is 10.1. The van der Waals surface area contributed by atoms with E-state index in [4.69, 9.17) is 0 Å². The van der Waals surface area contributed by atoms with Crippen molar-refractivity contribution in [2.24, 2.45) is 17.3 Å². The van der Waals surface area contributed by atoms with Gasteiger partial charge in [0.25, 0.3) is 0 Å². The summed E-state index contributed by atoms with van der Waals surface area (Å²) in [6, 6.07) is 0.552. The molecule has 1 unspecified atom stereocenters. The predicted molar refractivity (Wildman–Crippen MR) is 76.3 cm³/mol. The van der Waals surface area contributed by atoms with Crippen molar-refractivity contribution in [3.63, 3.8) is 0 Å². The molecule has 1 amide bonds. The van der Waals surface area contributed by atoms with Crippen LogP contribution in [0.1, 0.15) is 34.1 Å². The smallest absolute Gasteiger partial charge is 0.307 e. The Morgan fingerprint density at radius 1 is 1.20 bits per heavy atom.